The first-order valence-corrected chi connectivity index (χ1v) is 11.8. The van der Waals surface area contributed by atoms with Crippen LogP contribution in [0.2, 0.25) is 0 Å². The average molecular weight is 351 g/mol. The highest BCUT2D eigenvalue weighted by Gasteiger charge is 2.42. The summed E-state index contributed by atoms with van der Waals surface area (Å²) in [4.78, 5) is 2.49. The van der Waals surface area contributed by atoms with E-state index in [4.69, 9.17) is 5.73 Å². The molecular weight excluding hydrogens is 304 g/mol. The fourth-order valence-corrected chi connectivity index (χ4v) is 5.15. The third-order valence-electron chi connectivity index (χ3n) is 7.03. The van der Waals surface area contributed by atoms with E-state index in [2.05, 4.69) is 11.8 Å². The smallest absolute Gasteiger partial charge is 0.0577 e. The van der Waals surface area contributed by atoms with Crippen molar-refractivity contribution in [3.8, 4) is 0 Å². The molecule has 3 aliphatic heterocycles. The molecule has 0 aliphatic carbocycles. The standard InChI is InChI=1S/C23H46N2/c1-2-3-4-5-6-7-8-9-10-11-12-13-14-15-16-23-17-19-25(20-18-23)22(24)21-23/h22H,2-21,24H2,1H3. The lowest BCUT2D eigenvalue weighted by Gasteiger charge is -2.52. The van der Waals surface area contributed by atoms with Crippen LogP contribution < -0.4 is 5.73 Å². The van der Waals surface area contributed by atoms with E-state index in [0.717, 1.165) is 0 Å². The first kappa shape index (κ1) is 21.2. The van der Waals surface area contributed by atoms with Gasteiger partial charge in [0.25, 0.3) is 0 Å². The Kier molecular flexibility index (Phi) is 10.5. The molecule has 3 aliphatic rings. The van der Waals surface area contributed by atoms with E-state index in [9.17, 15) is 0 Å². The van der Waals surface area contributed by atoms with Gasteiger partial charge in [0.05, 0.1) is 6.17 Å². The molecule has 0 radical (unpaired) electrons. The van der Waals surface area contributed by atoms with E-state index in [1.54, 1.807) is 0 Å². The van der Waals surface area contributed by atoms with Gasteiger partial charge in [-0.2, -0.15) is 0 Å². The van der Waals surface area contributed by atoms with Crippen molar-refractivity contribution in [3.05, 3.63) is 0 Å². The maximum atomic E-state index is 6.28. The van der Waals surface area contributed by atoms with Crippen LogP contribution in [0.25, 0.3) is 0 Å². The Balaban J connectivity index is 1.33. The van der Waals surface area contributed by atoms with Gasteiger partial charge in [0, 0.05) is 13.1 Å². The van der Waals surface area contributed by atoms with E-state index in [0.29, 0.717) is 11.6 Å². The van der Waals surface area contributed by atoms with Crippen LogP contribution in [0, 0.1) is 5.41 Å². The van der Waals surface area contributed by atoms with Gasteiger partial charge in [0.15, 0.2) is 0 Å². The molecule has 3 rings (SSSR count). The lowest BCUT2D eigenvalue weighted by atomic mass is 9.68. The van der Waals surface area contributed by atoms with Crippen LogP contribution in [0.5, 0.6) is 0 Å². The molecule has 2 bridgehead atoms. The first-order chi connectivity index (χ1) is 12.3. The van der Waals surface area contributed by atoms with Crippen molar-refractivity contribution in [2.45, 2.75) is 129 Å². The van der Waals surface area contributed by atoms with Gasteiger partial charge >= 0.3 is 0 Å². The zero-order valence-corrected chi connectivity index (χ0v) is 17.2. The highest BCUT2D eigenvalue weighted by Crippen LogP contribution is 2.45. The van der Waals surface area contributed by atoms with Gasteiger partial charge in [-0.15, -0.1) is 0 Å². The van der Waals surface area contributed by atoms with Crippen LogP contribution in [0.1, 0.15) is 122 Å². The van der Waals surface area contributed by atoms with Crippen molar-refractivity contribution in [3.63, 3.8) is 0 Å². The molecule has 3 heterocycles. The summed E-state index contributed by atoms with van der Waals surface area (Å²) in [5, 5.41) is 0. The second-order valence-corrected chi connectivity index (χ2v) is 9.15. The van der Waals surface area contributed by atoms with Crippen molar-refractivity contribution < 1.29 is 0 Å². The Bertz CT molecular complexity index is 320. The molecule has 2 N–H and O–H groups in total. The zero-order chi connectivity index (χ0) is 17.8. The molecule has 0 aromatic rings. The van der Waals surface area contributed by atoms with E-state index in [-0.39, 0.29) is 0 Å². The lowest BCUT2D eigenvalue weighted by molar-refractivity contribution is -0.0245. The number of hydrogen-bond acceptors (Lipinski definition) is 2. The fraction of sp³-hybridized carbons (Fsp3) is 1.00. The topological polar surface area (TPSA) is 29.3 Å². The molecule has 25 heavy (non-hydrogen) atoms. The second-order valence-electron chi connectivity index (χ2n) is 9.15. The van der Waals surface area contributed by atoms with Crippen molar-refractivity contribution >= 4 is 0 Å². The second kappa shape index (κ2) is 12.3. The molecule has 0 saturated carbocycles. The molecule has 1 atom stereocenters. The monoisotopic (exact) mass is 350 g/mol. The molecule has 0 aromatic heterocycles. The summed E-state index contributed by atoms with van der Waals surface area (Å²) in [7, 11) is 0. The van der Waals surface area contributed by atoms with Gasteiger partial charge in [-0.1, -0.05) is 96.8 Å². The van der Waals surface area contributed by atoms with Gasteiger partial charge in [-0.3, -0.25) is 4.90 Å². The highest BCUT2D eigenvalue weighted by molar-refractivity contribution is 4.95. The summed E-state index contributed by atoms with van der Waals surface area (Å²) in [5.74, 6) is 0. The molecule has 2 heteroatoms. The average Bonchev–Trinajstić information content (AvgIpc) is 2.63. The molecule has 3 fully saturated rings. The summed E-state index contributed by atoms with van der Waals surface area (Å²) in [6, 6.07) is 0. The van der Waals surface area contributed by atoms with Crippen molar-refractivity contribution in [1.82, 2.24) is 4.90 Å². The maximum Gasteiger partial charge on any atom is 0.0577 e. The highest BCUT2D eigenvalue weighted by atomic mass is 15.2. The lowest BCUT2D eigenvalue weighted by Crippen LogP contribution is -2.57. The number of unbranched alkanes of at least 4 members (excludes halogenated alkanes) is 13. The summed E-state index contributed by atoms with van der Waals surface area (Å²) >= 11 is 0. The third kappa shape index (κ3) is 7.99. The van der Waals surface area contributed by atoms with Gasteiger partial charge in [-0.05, 0) is 31.1 Å². The number of hydrogen-bond donors (Lipinski definition) is 1. The Labute approximate surface area is 158 Å². The number of piperidine rings is 3. The van der Waals surface area contributed by atoms with Gasteiger partial charge in [0.1, 0.15) is 0 Å². The molecule has 0 amide bonds. The van der Waals surface area contributed by atoms with Gasteiger partial charge in [0.2, 0.25) is 0 Å². The predicted molar refractivity (Wildman–Crippen MR) is 111 cm³/mol. The first-order valence-electron chi connectivity index (χ1n) is 11.8. The quantitative estimate of drug-likeness (QED) is 0.336. The van der Waals surface area contributed by atoms with Crippen LogP contribution in [0.4, 0.5) is 0 Å². The molecule has 2 nitrogen and oxygen atoms in total. The minimum atomic E-state index is 0.370. The SMILES string of the molecule is CCCCCCCCCCCCCCCCC12CCN(CC1)C(N)C2. The summed E-state index contributed by atoms with van der Waals surface area (Å²) in [6.07, 6.45) is 26.4. The van der Waals surface area contributed by atoms with E-state index < -0.39 is 0 Å². The minimum Gasteiger partial charge on any atom is -0.316 e. The Morgan fingerprint density at radius 3 is 1.60 bits per heavy atom. The van der Waals surface area contributed by atoms with E-state index in [1.165, 1.54) is 129 Å². The van der Waals surface area contributed by atoms with Crippen LogP contribution in [0.3, 0.4) is 0 Å². The molecule has 0 aromatic carbocycles. The molecule has 148 valence electrons. The molecule has 3 saturated heterocycles. The van der Waals surface area contributed by atoms with E-state index in [1.807, 2.05) is 0 Å². The predicted octanol–water partition coefficient (Wildman–Crippen LogP) is 6.63. The van der Waals surface area contributed by atoms with E-state index >= 15 is 0 Å². The third-order valence-corrected chi connectivity index (χ3v) is 7.03. The minimum absolute atomic E-state index is 0.370. The normalized spacial score (nSPS) is 28.6. The largest absolute Gasteiger partial charge is 0.316 e. The number of nitrogens with zero attached hydrogens (tertiary/aromatic N) is 1. The summed E-state index contributed by atoms with van der Waals surface area (Å²) < 4.78 is 0. The van der Waals surface area contributed by atoms with Gasteiger partial charge in [-0.25, -0.2) is 0 Å². The Morgan fingerprint density at radius 1 is 0.720 bits per heavy atom. The number of rotatable bonds is 15. The van der Waals surface area contributed by atoms with Crippen LogP contribution in [0.15, 0.2) is 0 Å². The van der Waals surface area contributed by atoms with Crippen molar-refractivity contribution in [1.29, 1.82) is 0 Å². The molecule has 0 spiro atoms. The Morgan fingerprint density at radius 2 is 1.16 bits per heavy atom. The number of nitrogens with two attached hydrogens (primary N) is 1. The zero-order valence-electron chi connectivity index (χ0n) is 17.2. The molecule has 1 unspecified atom stereocenters. The van der Waals surface area contributed by atoms with Crippen molar-refractivity contribution in [2.24, 2.45) is 11.1 Å². The van der Waals surface area contributed by atoms with Crippen LogP contribution >= 0.6 is 0 Å². The van der Waals surface area contributed by atoms with Crippen LogP contribution in [-0.2, 0) is 0 Å². The maximum absolute atomic E-state index is 6.28. The molecular formula is C23H46N2. The summed E-state index contributed by atoms with van der Waals surface area (Å²) in [6.45, 7) is 4.83. The van der Waals surface area contributed by atoms with Gasteiger partial charge < -0.3 is 5.73 Å². The van der Waals surface area contributed by atoms with Crippen LogP contribution in [-0.4, -0.2) is 24.2 Å². The Hall–Kier alpha value is -0.0800. The summed E-state index contributed by atoms with van der Waals surface area (Å²) in [5.41, 5.74) is 6.91. The van der Waals surface area contributed by atoms with Crippen molar-refractivity contribution in [2.75, 3.05) is 13.1 Å². The fourth-order valence-electron chi connectivity index (χ4n) is 5.15. The number of fused-ring (bicyclic) bond motifs is 3.